The van der Waals surface area contributed by atoms with Crippen LogP contribution in [0.15, 0.2) is 48.5 Å². The average molecular weight is 448 g/mol. The van der Waals surface area contributed by atoms with E-state index in [0.29, 0.717) is 11.1 Å². The molecule has 0 aliphatic carbocycles. The summed E-state index contributed by atoms with van der Waals surface area (Å²) < 4.78 is 11.8. The van der Waals surface area contributed by atoms with Crippen LogP contribution in [0.4, 0.5) is 0 Å². The van der Waals surface area contributed by atoms with Crippen LogP contribution in [0, 0.1) is 0 Å². The number of aliphatic carboxylic acids is 1. The first-order valence-corrected chi connectivity index (χ1v) is 9.91. The highest BCUT2D eigenvalue weighted by atomic mass is 16.6. The number of carboxylic acid groups (broad SMARTS) is 2. The molecule has 166 valence electrons. The number of benzene rings is 3. The molecule has 0 atom stereocenters. The molecule has 0 fully saturated rings. The van der Waals surface area contributed by atoms with Gasteiger partial charge in [-0.2, -0.15) is 0 Å². The molecule has 4 N–H and O–H groups in total. The monoisotopic (exact) mass is 448 g/mol. The van der Waals surface area contributed by atoms with Gasteiger partial charge >= 0.3 is 17.9 Å². The Bertz CT molecular complexity index is 1320. The smallest absolute Gasteiger partial charge is 0.340 e. The summed E-state index contributed by atoms with van der Waals surface area (Å²) in [7, 11) is 0. The van der Waals surface area contributed by atoms with Gasteiger partial charge in [-0.1, -0.05) is 0 Å². The molecule has 33 heavy (non-hydrogen) atoms. The second kappa shape index (κ2) is 6.99. The van der Waals surface area contributed by atoms with Gasteiger partial charge in [0.1, 0.15) is 23.0 Å². The Morgan fingerprint density at radius 2 is 1.45 bits per heavy atom. The van der Waals surface area contributed by atoms with E-state index in [-0.39, 0.29) is 58.1 Å². The van der Waals surface area contributed by atoms with Gasteiger partial charge in [0.25, 0.3) is 0 Å². The minimum absolute atomic E-state index is 0.0780. The number of rotatable bonds is 4. The summed E-state index contributed by atoms with van der Waals surface area (Å²) in [4.78, 5) is 36.2. The zero-order valence-electron chi connectivity index (χ0n) is 16.9. The number of fused-ring (bicyclic) bond motifs is 6. The molecule has 2 aliphatic rings. The summed E-state index contributed by atoms with van der Waals surface area (Å²) in [5, 5.41) is 38.8. The molecule has 0 saturated carbocycles. The van der Waals surface area contributed by atoms with Gasteiger partial charge in [0, 0.05) is 35.2 Å². The van der Waals surface area contributed by atoms with Crippen molar-refractivity contribution in [2.45, 2.75) is 18.4 Å². The van der Waals surface area contributed by atoms with E-state index in [1.165, 1.54) is 48.5 Å². The molecular weight excluding hydrogens is 432 g/mol. The van der Waals surface area contributed by atoms with Crippen molar-refractivity contribution in [3.8, 4) is 23.0 Å². The van der Waals surface area contributed by atoms with E-state index in [1.807, 2.05) is 0 Å². The molecule has 0 unspecified atom stereocenters. The van der Waals surface area contributed by atoms with Crippen molar-refractivity contribution in [3.05, 3.63) is 81.9 Å². The van der Waals surface area contributed by atoms with Crippen molar-refractivity contribution < 1.29 is 44.3 Å². The van der Waals surface area contributed by atoms with Gasteiger partial charge in [0.05, 0.1) is 11.1 Å². The highest BCUT2D eigenvalue weighted by Crippen LogP contribution is 2.57. The third kappa shape index (κ3) is 2.97. The highest BCUT2D eigenvalue weighted by molar-refractivity contribution is 6.01. The molecule has 3 aromatic rings. The summed E-state index contributed by atoms with van der Waals surface area (Å²) in [5.74, 6) is -3.02. The van der Waals surface area contributed by atoms with E-state index in [0.717, 1.165) is 0 Å². The second-order valence-electron chi connectivity index (χ2n) is 7.79. The number of phenols is 2. The number of carboxylic acids is 2. The molecule has 0 amide bonds. The number of aromatic hydroxyl groups is 2. The van der Waals surface area contributed by atoms with Crippen molar-refractivity contribution in [3.63, 3.8) is 0 Å². The van der Waals surface area contributed by atoms with Crippen LogP contribution >= 0.6 is 0 Å². The molecule has 0 radical (unpaired) electrons. The van der Waals surface area contributed by atoms with Crippen molar-refractivity contribution >= 4 is 17.9 Å². The minimum Gasteiger partial charge on any atom is -0.508 e. The lowest BCUT2D eigenvalue weighted by atomic mass is 9.76. The number of hydrogen-bond donors (Lipinski definition) is 4. The fourth-order valence-electron chi connectivity index (χ4n) is 4.46. The number of phenolic OH excluding ortho intramolecular Hbond substituents is 2. The fourth-order valence-corrected chi connectivity index (χ4v) is 4.46. The predicted molar refractivity (Wildman–Crippen MR) is 111 cm³/mol. The largest absolute Gasteiger partial charge is 0.508 e. The SMILES string of the molecule is O=C(O)CCc1cc(C(=O)O)cc2c1C(=O)OC21c2ccc(O)cc2Oc2cc(O)ccc21. The zero-order chi connectivity index (χ0) is 23.5. The van der Waals surface area contributed by atoms with Gasteiger partial charge in [0.15, 0.2) is 5.60 Å². The molecule has 0 aromatic heterocycles. The van der Waals surface area contributed by atoms with Crippen LogP contribution in [0.2, 0.25) is 0 Å². The molecule has 9 heteroatoms. The predicted octanol–water partition coefficient (Wildman–Crippen LogP) is 3.38. The Kier molecular flexibility index (Phi) is 4.32. The van der Waals surface area contributed by atoms with Crippen LogP contribution in [-0.2, 0) is 21.6 Å². The van der Waals surface area contributed by atoms with Crippen molar-refractivity contribution in [2.24, 2.45) is 0 Å². The molecule has 0 bridgehead atoms. The number of aryl methyl sites for hydroxylation is 1. The molecule has 2 aliphatic heterocycles. The quantitative estimate of drug-likeness (QED) is 0.440. The average Bonchev–Trinajstić information content (AvgIpc) is 3.04. The Hall–Kier alpha value is -4.53. The number of carbonyl (C=O) groups excluding carboxylic acids is 1. The lowest BCUT2D eigenvalue weighted by Crippen LogP contribution is -2.33. The molecule has 0 saturated heterocycles. The first-order chi connectivity index (χ1) is 15.7. The third-order valence-corrected chi connectivity index (χ3v) is 5.81. The van der Waals surface area contributed by atoms with Gasteiger partial charge in [-0.3, -0.25) is 4.79 Å². The topological polar surface area (TPSA) is 151 Å². The van der Waals surface area contributed by atoms with Crippen LogP contribution in [-0.4, -0.2) is 38.3 Å². The van der Waals surface area contributed by atoms with E-state index in [1.54, 1.807) is 0 Å². The van der Waals surface area contributed by atoms with E-state index in [9.17, 15) is 29.7 Å². The van der Waals surface area contributed by atoms with Gasteiger partial charge in [-0.05, 0) is 48.4 Å². The maximum absolute atomic E-state index is 13.2. The molecule has 1 spiro atoms. The summed E-state index contributed by atoms with van der Waals surface area (Å²) in [5.41, 5.74) is -0.536. The fraction of sp³-hybridized carbons (Fsp3) is 0.125. The van der Waals surface area contributed by atoms with Crippen molar-refractivity contribution in [1.29, 1.82) is 0 Å². The van der Waals surface area contributed by atoms with Crippen LogP contribution in [0.5, 0.6) is 23.0 Å². The van der Waals surface area contributed by atoms with Gasteiger partial charge in [0.2, 0.25) is 0 Å². The van der Waals surface area contributed by atoms with Crippen LogP contribution < -0.4 is 4.74 Å². The van der Waals surface area contributed by atoms with E-state index < -0.39 is 23.5 Å². The lowest BCUT2D eigenvalue weighted by Gasteiger charge is -2.36. The number of aromatic carboxylic acids is 1. The molecule has 3 aromatic carbocycles. The first-order valence-electron chi connectivity index (χ1n) is 9.91. The summed E-state index contributed by atoms with van der Waals surface area (Å²) >= 11 is 0. The zero-order valence-corrected chi connectivity index (χ0v) is 16.9. The highest BCUT2D eigenvalue weighted by Gasteiger charge is 2.54. The molecule has 9 nitrogen and oxygen atoms in total. The number of ether oxygens (including phenoxy) is 2. The van der Waals surface area contributed by atoms with Crippen LogP contribution in [0.25, 0.3) is 0 Å². The number of esters is 1. The summed E-state index contributed by atoms with van der Waals surface area (Å²) in [6, 6.07) is 11.0. The van der Waals surface area contributed by atoms with E-state index >= 15 is 0 Å². The lowest BCUT2D eigenvalue weighted by molar-refractivity contribution is -0.136. The van der Waals surface area contributed by atoms with Crippen molar-refractivity contribution in [1.82, 2.24) is 0 Å². The first kappa shape index (κ1) is 20.4. The number of carbonyl (C=O) groups is 3. The normalized spacial score (nSPS) is 14.6. The molecular formula is C24H16O9. The number of hydrogen-bond acceptors (Lipinski definition) is 7. The standard InChI is InChI=1S/C24H16O9/c25-13-2-4-15-18(9-13)32-19-10-14(26)3-5-16(19)24(15)17-8-12(22(29)30)7-11(1-6-20(27)28)21(17)23(31)33-24/h2-5,7-10,25-26H,1,6H2,(H,27,28)(H,29,30). The second-order valence-corrected chi connectivity index (χ2v) is 7.79. The Balaban J connectivity index is 1.86. The van der Waals surface area contributed by atoms with Gasteiger partial charge in [-0.25, -0.2) is 9.59 Å². The maximum Gasteiger partial charge on any atom is 0.340 e. The summed E-state index contributed by atoms with van der Waals surface area (Å²) in [6.45, 7) is 0. The van der Waals surface area contributed by atoms with E-state index in [2.05, 4.69) is 0 Å². The third-order valence-electron chi connectivity index (χ3n) is 5.81. The van der Waals surface area contributed by atoms with Crippen LogP contribution in [0.1, 0.15) is 49.4 Å². The molecule has 5 rings (SSSR count). The Morgan fingerprint density at radius 3 is 2.00 bits per heavy atom. The van der Waals surface area contributed by atoms with E-state index in [4.69, 9.17) is 14.6 Å². The molecule has 2 heterocycles. The van der Waals surface area contributed by atoms with Crippen LogP contribution in [0.3, 0.4) is 0 Å². The summed E-state index contributed by atoms with van der Waals surface area (Å²) in [6.07, 6.45) is -0.390. The Labute approximate surface area is 186 Å². The van der Waals surface area contributed by atoms with Gasteiger partial charge < -0.3 is 29.9 Å². The van der Waals surface area contributed by atoms with Gasteiger partial charge in [-0.15, -0.1) is 0 Å². The van der Waals surface area contributed by atoms with Crippen molar-refractivity contribution in [2.75, 3.05) is 0 Å². The Morgan fingerprint density at radius 1 is 0.848 bits per heavy atom. The maximum atomic E-state index is 13.2. The minimum atomic E-state index is -1.62.